The Morgan fingerprint density at radius 2 is 1.78 bits per heavy atom. The van der Waals surface area contributed by atoms with Crippen LogP contribution in [0, 0.1) is 24.2 Å². The van der Waals surface area contributed by atoms with Crippen molar-refractivity contribution < 1.29 is 0 Å². The van der Waals surface area contributed by atoms with Crippen LogP contribution in [-0.4, -0.2) is 13.1 Å². The van der Waals surface area contributed by atoms with Crippen molar-refractivity contribution in [1.29, 1.82) is 0 Å². The van der Waals surface area contributed by atoms with Crippen LogP contribution in [0.25, 0.3) is 0 Å². The van der Waals surface area contributed by atoms with Gasteiger partial charge in [-0.25, -0.2) is 0 Å². The number of benzene rings is 1. The molecule has 0 N–H and O–H groups in total. The molecule has 0 bridgehead atoms. The Labute approximate surface area is 112 Å². The Hall–Kier alpha value is -0.980. The third kappa shape index (κ3) is 2.71. The van der Waals surface area contributed by atoms with Crippen LogP contribution in [0.15, 0.2) is 24.3 Å². The first-order chi connectivity index (χ1) is 8.40. The monoisotopic (exact) mass is 245 g/mol. The van der Waals surface area contributed by atoms with Crippen LogP contribution in [0.2, 0.25) is 0 Å². The molecule has 1 heterocycles. The Kier molecular flexibility index (Phi) is 3.70. The molecule has 1 aliphatic heterocycles. The fraction of sp³-hybridized carbons (Fsp3) is 0.647. The number of hydrogen-bond acceptors (Lipinski definition) is 1. The van der Waals surface area contributed by atoms with Gasteiger partial charge in [-0.2, -0.15) is 0 Å². The highest BCUT2D eigenvalue weighted by Crippen LogP contribution is 2.40. The maximum Gasteiger partial charge on any atom is 0.0366 e. The molecule has 1 aliphatic rings. The molecule has 0 radical (unpaired) electrons. The number of piperidine rings is 1. The van der Waals surface area contributed by atoms with Crippen LogP contribution in [0.1, 0.15) is 39.7 Å². The molecule has 1 aromatic carbocycles. The number of aryl methyl sites for hydroxylation is 1. The predicted molar refractivity (Wildman–Crippen MR) is 80.1 cm³/mol. The minimum absolute atomic E-state index is 0.414. The summed E-state index contributed by atoms with van der Waals surface area (Å²) >= 11 is 0. The fourth-order valence-corrected chi connectivity index (χ4v) is 3.59. The topological polar surface area (TPSA) is 3.24 Å². The molecule has 1 saturated heterocycles. The lowest BCUT2D eigenvalue weighted by Crippen LogP contribution is -2.47. The molecule has 1 heteroatoms. The molecule has 2 rings (SSSR count). The van der Waals surface area contributed by atoms with E-state index in [1.54, 1.807) is 0 Å². The molecule has 1 aromatic rings. The van der Waals surface area contributed by atoms with Crippen molar-refractivity contribution in [3.63, 3.8) is 0 Å². The zero-order valence-electron chi connectivity index (χ0n) is 12.5. The van der Waals surface area contributed by atoms with E-state index < -0.39 is 0 Å². The molecule has 0 amide bonds. The first-order valence-corrected chi connectivity index (χ1v) is 7.22. The van der Waals surface area contributed by atoms with Crippen LogP contribution in [0.5, 0.6) is 0 Å². The van der Waals surface area contributed by atoms with Crippen molar-refractivity contribution in [3.8, 4) is 0 Å². The second-order valence-electron chi connectivity index (χ2n) is 6.88. The minimum Gasteiger partial charge on any atom is -0.371 e. The summed E-state index contributed by atoms with van der Waals surface area (Å²) < 4.78 is 0. The van der Waals surface area contributed by atoms with Crippen LogP contribution in [0.3, 0.4) is 0 Å². The van der Waals surface area contributed by atoms with E-state index >= 15 is 0 Å². The molecule has 1 nitrogen and oxygen atoms in total. The smallest absolute Gasteiger partial charge is 0.0366 e. The summed E-state index contributed by atoms with van der Waals surface area (Å²) in [5, 5.41) is 0. The van der Waals surface area contributed by atoms with Crippen molar-refractivity contribution in [2.45, 2.75) is 41.0 Å². The van der Waals surface area contributed by atoms with E-state index in [4.69, 9.17) is 0 Å². The van der Waals surface area contributed by atoms with Gasteiger partial charge in [-0.05, 0) is 42.7 Å². The van der Waals surface area contributed by atoms with Gasteiger partial charge in [-0.3, -0.25) is 0 Å². The minimum atomic E-state index is 0.414. The lowest BCUT2D eigenvalue weighted by molar-refractivity contribution is 0.127. The highest BCUT2D eigenvalue weighted by Gasteiger charge is 2.37. The molecule has 0 unspecified atom stereocenters. The summed E-state index contributed by atoms with van der Waals surface area (Å²) in [7, 11) is 0. The van der Waals surface area contributed by atoms with Crippen LogP contribution < -0.4 is 4.90 Å². The van der Waals surface area contributed by atoms with Gasteiger partial charge in [0.05, 0.1) is 0 Å². The summed E-state index contributed by atoms with van der Waals surface area (Å²) in [5.74, 6) is 1.64. The predicted octanol–water partition coefficient (Wildman–Crippen LogP) is 4.50. The van der Waals surface area contributed by atoms with Crippen LogP contribution in [-0.2, 0) is 0 Å². The average Bonchev–Trinajstić information content (AvgIpc) is 2.28. The molecule has 100 valence electrons. The molecular weight excluding hydrogens is 218 g/mol. The van der Waals surface area contributed by atoms with Gasteiger partial charge in [0.2, 0.25) is 0 Å². The molecular formula is C17H27N. The lowest BCUT2D eigenvalue weighted by atomic mass is 9.68. The highest BCUT2D eigenvalue weighted by atomic mass is 15.1. The number of nitrogens with zero attached hydrogens (tertiary/aromatic N) is 1. The van der Waals surface area contributed by atoms with E-state index in [0.717, 1.165) is 11.8 Å². The zero-order chi connectivity index (χ0) is 13.3. The summed E-state index contributed by atoms with van der Waals surface area (Å²) in [4.78, 5) is 2.55. The van der Waals surface area contributed by atoms with Gasteiger partial charge >= 0.3 is 0 Å². The van der Waals surface area contributed by atoms with Gasteiger partial charge < -0.3 is 4.90 Å². The van der Waals surface area contributed by atoms with Crippen molar-refractivity contribution in [2.75, 3.05) is 18.0 Å². The van der Waals surface area contributed by atoms with Gasteiger partial charge in [-0.1, -0.05) is 45.4 Å². The Morgan fingerprint density at radius 1 is 1.17 bits per heavy atom. The Morgan fingerprint density at radius 3 is 2.28 bits per heavy atom. The maximum atomic E-state index is 2.55. The summed E-state index contributed by atoms with van der Waals surface area (Å²) in [6, 6.07) is 8.97. The lowest BCUT2D eigenvalue weighted by Gasteiger charge is -2.47. The van der Waals surface area contributed by atoms with Gasteiger partial charge in [-0.15, -0.1) is 0 Å². The van der Waals surface area contributed by atoms with Crippen LogP contribution in [0.4, 0.5) is 5.69 Å². The van der Waals surface area contributed by atoms with Crippen LogP contribution >= 0.6 is 0 Å². The van der Waals surface area contributed by atoms with E-state index in [9.17, 15) is 0 Å². The second-order valence-corrected chi connectivity index (χ2v) is 6.88. The van der Waals surface area contributed by atoms with Crippen molar-refractivity contribution in [2.24, 2.45) is 17.3 Å². The normalized spacial score (nSPS) is 23.4. The number of anilines is 1. The standard InChI is InChI=1S/C17H27N/c1-13(2)16-10-11-18(12-17(16,4)5)15-8-6-14(3)7-9-15/h6-9,13,16H,10-12H2,1-5H3/t16-/m0/s1. The first kappa shape index (κ1) is 13.5. The summed E-state index contributed by atoms with van der Waals surface area (Å²) in [6.07, 6.45) is 1.32. The van der Waals surface area contributed by atoms with E-state index in [0.29, 0.717) is 5.41 Å². The average molecular weight is 245 g/mol. The van der Waals surface area contributed by atoms with Crippen molar-refractivity contribution >= 4 is 5.69 Å². The molecule has 0 aliphatic carbocycles. The van der Waals surface area contributed by atoms with Gasteiger partial charge in [0.25, 0.3) is 0 Å². The Bertz CT molecular complexity index is 389. The molecule has 0 spiro atoms. The van der Waals surface area contributed by atoms with E-state index in [1.807, 2.05) is 0 Å². The van der Waals surface area contributed by atoms with E-state index in [2.05, 4.69) is 63.8 Å². The molecule has 0 saturated carbocycles. The van der Waals surface area contributed by atoms with Crippen molar-refractivity contribution in [3.05, 3.63) is 29.8 Å². The Balaban J connectivity index is 2.13. The first-order valence-electron chi connectivity index (χ1n) is 7.22. The van der Waals surface area contributed by atoms with E-state index in [1.165, 1.54) is 30.8 Å². The van der Waals surface area contributed by atoms with Gasteiger partial charge in [0.1, 0.15) is 0 Å². The van der Waals surface area contributed by atoms with Gasteiger partial charge in [0, 0.05) is 18.8 Å². The SMILES string of the molecule is Cc1ccc(N2CC[C@@H](C(C)C)C(C)(C)C2)cc1. The number of hydrogen-bond donors (Lipinski definition) is 0. The molecule has 1 fully saturated rings. The summed E-state index contributed by atoms with van der Waals surface area (Å²) in [5.41, 5.74) is 3.14. The quantitative estimate of drug-likeness (QED) is 0.741. The largest absolute Gasteiger partial charge is 0.371 e. The third-order valence-corrected chi connectivity index (χ3v) is 4.52. The maximum absolute atomic E-state index is 2.55. The highest BCUT2D eigenvalue weighted by molar-refractivity contribution is 5.48. The number of rotatable bonds is 2. The van der Waals surface area contributed by atoms with Gasteiger partial charge in [0.15, 0.2) is 0 Å². The van der Waals surface area contributed by atoms with Crippen molar-refractivity contribution in [1.82, 2.24) is 0 Å². The summed E-state index contributed by atoms with van der Waals surface area (Å²) in [6.45, 7) is 14.1. The third-order valence-electron chi connectivity index (χ3n) is 4.52. The zero-order valence-corrected chi connectivity index (χ0v) is 12.5. The fourth-order valence-electron chi connectivity index (χ4n) is 3.59. The molecule has 0 aromatic heterocycles. The van der Waals surface area contributed by atoms with E-state index in [-0.39, 0.29) is 0 Å². The molecule has 1 atom stereocenters. The second kappa shape index (κ2) is 4.95. The molecule has 18 heavy (non-hydrogen) atoms.